The van der Waals surface area contributed by atoms with E-state index in [1.54, 1.807) is 36.4 Å². The Hall–Kier alpha value is -2.39. The van der Waals surface area contributed by atoms with E-state index >= 15 is 0 Å². The van der Waals surface area contributed by atoms with Gasteiger partial charge in [-0.05, 0) is 37.3 Å². The van der Waals surface area contributed by atoms with E-state index in [9.17, 15) is 8.42 Å². The van der Waals surface area contributed by atoms with Gasteiger partial charge >= 0.3 is 0 Å². The van der Waals surface area contributed by atoms with Crippen LogP contribution in [0.3, 0.4) is 0 Å². The van der Waals surface area contributed by atoms with Crippen molar-refractivity contribution in [3.63, 3.8) is 0 Å². The van der Waals surface area contributed by atoms with E-state index in [1.165, 1.54) is 5.41 Å². The Labute approximate surface area is 174 Å². The van der Waals surface area contributed by atoms with Crippen molar-refractivity contribution in [1.82, 2.24) is 0 Å². The SMILES string of the molecule is CCOCOC(/C=C/S(=O)(=O)c1ccccc1)C(C)(C)CC#Cc1ccccc1. The summed E-state index contributed by atoms with van der Waals surface area (Å²) in [5.41, 5.74) is 0.527. The van der Waals surface area contributed by atoms with Crippen LogP contribution in [-0.2, 0) is 19.3 Å². The van der Waals surface area contributed by atoms with Gasteiger partial charge < -0.3 is 9.47 Å². The maximum absolute atomic E-state index is 12.6. The second kappa shape index (κ2) is 11.0. The van der Waals surface area contributed by atoms with Crippen molar-refractivity contribution in [2.75, 3.05) is 13.4 Å². The topological polar surface area (TPSA) is 52.6 Å². The molecule has 0 saturated heterocycles. The molecule has 0 N–H and O–H groups in total. The Morgan fingerprint density at radius 3 is 2.28 bits per heavy atom. The zero-order chi connectivity index (χ0) is 21.2. The maximum atomic E-state index is 12.6. The number of hydrogen-bond acceptors (Lipinski definition) is 4. The third-order valence-corrected chi connectivity index (χ3v) is 5.80. The van der Waals surface area contributed by atoms with Crippen molar-refractivity contribution in [2.24, 2.45) is 5.41 Å². The maximum Gasteiger partial charge on any atom is 0.199 e. The van der Waals surface area contributed by atoms with E-state index in [4.69, 9.17) is 9.47 Å². The molecule has 2 aromatic rings. The Morgan fingerprint density at radius 2 is 1.66 bits per heavy atom. The molecule has 154 valence electrons. The first-order valence-electron chi connectivity index (χ1n) is 9.57. The monoisotopic (exact) mass is 412 g/mol. The van der Waals surface area contributed by atoms with Crippen LogP contribution in [0.5, 0.6) is 0 Å². The average molecular weight is 413 g/mol. The lowest BCUT2D eigenvalue weighted by Crippen LogP contribution is -2.31. The van der Waals surface area contributed by atoms with Gasteiger partial charge in [0.1, 0.15) is 6.79 Å². The zero-order valence-electron chi connectivity index (χ0n) is 17.2. The van der Waals surface area contributed by atoms with Gasteiger partial charge in [0.15, 0.2) is 9.84 Å². The fraction of sp³-hybridized carbons (Fsp3) is 0.333. The van der Waals surface area contributed by atoms with Crippen molar-refractivity contribution in [2.45, 2.75) is 38.2 Å². The molecule has 0 heterocycles. The summed E-state index contributed by atoms with van der Waals surface area (Å²) in [7, 11) is -3.55. The Morgan fingerprint density at radius 1 is 1.03 bits per heavy atom. The third kappa shape index (κ3) is 7.51. The molecular formula is C24H28O4S. The molecule has 4 nitrogen and oxygen atoms in total. The molecule has 0 aliphatic carbocycles. The Kier molecular flexibility index (Phi) is 8.66. The van der Waals surface area contributed by atoms with Gasteiger partial charge in [0, 0.05) is 29.4 Å². The van der Waals surface area contributed by atoms with Gasteiger partial charge in [-0.15, -0.1) is 0 Å². The van der Waals surface area contributed by atoms with Gasteiger partial charge in [-0.3, -0.25) is 0 Å². The molecule has 1 unspecified atom stereocenters. The fourth-order valence-electron chi connectivity index (χ4n) is 2.61. The molecular weight excluding hydrogens is 384 g/mol. The molecule has 2 aromatic carbocycles. The van der Waals surface area contributed by atoms with Gasteiger partial charge in [0.05, 0.1) is 11.0 Å². The highest BCUT2D eigenvalue weighted by Gasteiger charge is 2.28. The van der Waals surface area contributed by atoms with E-state index in [1.807, 2.05) is 51.1 Å². The molecule has 1 atom stereocenters. The highest BCUT2D eigenvalue weighted by atomic mass is 32.2. The van der Waals surface area contributed by atoms with Gasteiger partial charge in [-0.2, -0.15) is 0 Å². The first-order chi connectivity index (χ1) is 13.8. The normalized spacial score (nSPS) is 13.1. The van der Waals surface area contributed by atoms with Gasteiger partial charge in [-0.1, -0.05) is 62.1 Å². The Balaban J connectivity index is 2.18. The van der Waals surface area contributed by atoms with E-state index < -0.39 is 21.4 Å². The number of ether oxygens (including phenoxy) is 2. The van der Waals surface area contributed by atoms with Crippen molar-refractivity contribution in [1.29, 1.82) is 0 Å². The number of benzene rings is 2. The van der Waals surface area contributed by atoms with E-state index in [2.05, 4.69) is 11.8 Å². The van der Waals surface area contributed by atoms with Crippen LogP contribution in [0.2, 0.25) is 0 Å². The van der Waals surface area contributed by atoms with Crippen LogP contribution in [0.15, 0.2) is 77.0 Å². The third-order valence-electron chi connectivity index (χ3n) is 4.36. The molecule has 0 bridgehead atoms. The van der Waals surface area contributed by atoms with Gasteiger partial charge in [-0.25, -0.2) is 8.42 Å². The van der Waals surface area contributed by atoms with Crippen molar-refractivity contribution < 1.29 is 17.9 Å². The standard InChI is InChI=1S/C24H28O4S/c1-4-27-20-28-23(17-19-29(25,26)22-15-9-6-10-16-22)24(2,3)18-11-14-21-12-7-5-8-13-21/h5-10,12-13,15-17,19,23H,4,18,20H2,1-3H3/b19-17+. The van der Waals surface area contributed by atoms with Crippen LogP contribution in [0.4, 0.5) is 0 Å². The summed E-state index contributed by atoms with van der Waals surface area (Å²) in [4.78, 5) is 0.251. The minimum atomic E-state index is -3.55. The molecule has 0 radical (unpaired) electrons. The average Bonchev–Trinajstić information content (AvgIpc) is 2.71. The predicted octanol–water partition coefficient (Wildman–Crippen LogP) is 4.82. The molecule has 0 aromatic heterocycles. The Bertz CT molecular complexity index is 937. The number of sulfone groups is 1. The molecule has 0 saturated carbocycles. The number of hydrogen-bond donors (Lipinski definition) is 0. The number of rotatable bonds is 9. The highest BCUT2D eigenvalue weighted by Crippen LogP contribution is 2.29. The molecule has 0 amide bonds. The van der Waals surface area contributed by atoms with Gasteiger partial charge in [0.25, 0.3) is 0 Å². The molecule has 0 spiro atoms. The van der Waals surface area contributed by atoms with Crippen molar-refractivity contribution >= 4 is 9.84 Å². The smallest absolute Gasteiger partial charge is 0.199 e. The highest BCUT2D eigenvalue weighted by molar-refractivity contribution is 7.94. The summed E-state index contributed by atoms with van der Waals surface area (Å²) in [6.45, 7) is 6.50. The summed E-state index contributed by atoms with van der Waals surface area (Å²) in [5, 5.41) is 1.21. The summed E-state index contributed by atoms with van der Waals surface area (Å²) in [6.07, 6.45) is 1.65. The molecule has 2 rings (SSSR count). The van der Waals surface area contributed by atoms with Crippen molar-refractivity contribution in [3.05, 3.63) is 77.7 Å². The van der Waals surface area contributed by atoms with Crippen LogP contribution in [0.25, 0.3) is 0 Å². The lowest BCUT2D eigenvalue weighted by atomic mass is 9.83. The summed E-state index contributed by atoms with van der Waals surface area (Å²) >= 11 is 0. The molecule has 0 aliphatic heterocycles. The lowest BCUT2D eigenvalue weighted by Gasteiger charge is -2.30. The summed E-state index contributed by atoms with van der Waals surface area (Å²) in [6, 6.07) is 18.1. The minimum Gasteiger partial charge on any atom is -0.356 e. The zero-order valence-corrected chi connectivity index (χ0v) is 18.0. The van der Waals surface area contributed by atoms with Crippen LogP contribution < -0.4 is 0 Å². The van der Waals surface area contributed by atoms with Crippen LogP contribution >= 0.6 is 0 Å². The summed E-state index contributed by atoms with van der Waals surface area (Å²) < 4.78 is 36.3. The van der Waals surface area contributed by atoms with Crippen LogP contribution in [0.1, 0.15) is 32.8 Å². The predicted molar refractivity (Wildman–Crippen MR) is 116 cm³/mol. The van der Waals surface area contributed by atoms with Crippen molar-refractivity contribution in [3.8, 4) is 11.8 Å². The summed E-state index contributed by atoms with van der Waals surface area (Å²) in [5.74, 6) is 6.33. The lowest BCUT2D eigenvalue weighted by molar-refractivity contribution is -0.102. The van der Waals surface area contributed by atoms with E-state index in [0.717, 1.165) is 5.56 Å². The van der Waals surface area contributed by atoms with Crippen LogP contribution in [-0.4, -0.2) is 27.9 Å². The van der Waals surface area contributed by atoms with E-state index in [-0.39, 0.29) is 11.7 Å². The molecule has 0 aliphatic rings. The first-order valence-corrected chi connectivity index (χ1v) is 11.1. The minimum absolute atomic E-state index is 0.0897. The van der Waals surface area contributed by atoms with Crippen LogP contribution in [0, 0.1) is 17.3 Å². The largest absolute Gasteiger partial charge is 0.356 e. The fourth-order valence-corrected chi connectivity index (χ4v) is 3.65. The first kappa shape index (κ1) is 22.9. The molecule has 5 heteroatoms. The van der Waals surface area contributed by atoms with Gasteiger partial charge in [0.2, 0.25) is 0 Å². The molecule has 0 fully saturated rings. The van der Waals surface area contributed by atoms with E-state index in [0.29, 0.717) is 13.0 Å². The quantitative estimate of drug-likeness (QED) is 0.337. The molecule has 29 heavy (non-hydrogen) atoms. The second-order valence-electron chi connectivity index (χ2n) is 7.22. The second-order valence-corrected chi connectivity index (χ2v) is 9.05.